The van der Waals surface area contributed by atoms with Crippen LogP contribution in [-0.2, 0) is 6.42 Å². The number of hydrogen-bond donors (Lipinski definition) is 0. The summed E-state index contributed by atoms with van der Waals surface area (Å²) in [5, 5.41) is 8.59. The molecule has 108 valence electrons. The number of halogens is 4. The van der Waals surface area contributed by atoms with E-state index in [1.165, 1.54) is 30.5 Å². The van der Waals surface area contributed by atoms with Crippen LogP contribution in [0.25, 0.3) is 11.1 Å². The van der Waals surface area contributed by atoms with Crippen LogP contribution in [0.3, 0.4) is 0 Å². The molecule has 0 saturated carbocycles. The standard InChI is InChI=1S/C14H8F4N2O/c15-13-10(4-5-19)6-11(8-20-13)9-2-1-3-12(7-9)21-14(16,17)18/h1-3,6-8H,4H2. The van der Waals surface area contributed by atoms with Crippen LogP contribution in [0.4, 0.5) is 17.6 Å². The van der Waals surface area contributed by atoms with Crippen molar-refractivity contribution < 1.29 is 22.3 Å². The van der Waals surface area contributed by atoms with Gasteiger partial charge in [0.05, 0.1) is 12.5 Å². The highest BCUT2D eigenvalue weighted by Gasteiger charge is 2.31. The average molecular weight is 296 g/mol. The van der Waals surface area contributed by atoms with E-state index in [-0.39, 0.29) is 17.7 Å². The van der Waals surface area contributed by atoms with Crippen molar-refractivity contribution in [1.82, 2.24) is 4.98 Å². The lowest BCUT2D eigenvalue weighted by Gasteiger charge is -2.10. The number of nitrogens with zero attached hydrogens (tertiary/aromatic N) is 2. The van der Waals surface area contributed by atoms with Gasteiger partial charge in [-0.2, -0.15) is 9.65 Å². The Kier molecular flexibility index (Phi) is 4.08. The molecule has 0 atom stereocenters. The van der Waals surface area contributed by atoms with E-state index in [9.17, 15) is 17.6 Å². The molecule has 0 unspecified atom stereocenters. The van der Waals surface area contributed by atoms with Crippen molar-refractivity contribution in [3.63, 3.8) is 0 Å². The molecule has 7 heteroatoms. The van der Waals surface area contributed by atoms with Crippen LogP contribution in [0.1, 0.15) is 5.56 Å². The summed E-state index contributed by atoms with van der Waals surface area (Å²) in [5.74, 6) is -1.16. The molecule has 2 aromatic rings. The minimum absolute atomic E-state index is 0.0807. The van der Waals surface area contributed by atoms with Crippen LogP contribution in [0, 0.1) is 17.3 Å². The van der Waals surface area contributed by atoms with Gasteiger partial charge >= 0.3 is 6.36 Å². The quantitative estimate of drug-likeness (QED) is 0.638. The van der Waals surface area contributed by atoms with E-state index in [4.69, 9.17) is 5.26 Å². The molecule has 0 aliphatic carbocycles. The van der Waals surface area contributed by atoms with E-state index in [0.29, 0.717) is 11.1 Å². The van der Waals surface area contributed by atoms with Gasteiger partial charge in [-0.1, -0.05) is 12.1 Å². The minimum Gasteiger partial charge on any atom is -0.406 e. The Labute approximate surface area is 117 Å². The minimum atomic E-state index is -4.79. The zero-order chi connectivity index (χ0) is 15.5. The Morgan fingerprint density at radius 1 is 1.19 bits per heavy atom. The molecule has 1 heterocycles. The van der Waals surface area contributed by atoms with Crippen molar-refractivity contribution in [2.75, 3.05) is 0 Å². The lowest BCUT2D eigenvalue weighted by atomic mass is 10.0. The van der Waals surface area contributed by atoms with E-state index in [2.05, 4.69) is 9.72 Å². The van der Waals surface area contributed by atoms with Gasteiger partial charge in [-0.25, -0.2) is 4.98 Å². The number of pyridine rings is 1. The van der Waals surface area contributed by atoms with Gasteiger partial charge in [-0.15, -0.1) is 13.2 Å². The molecule has 0 aliphatic heterocycles. The van der Waals surface area contributed by atoms with Crippen molar-refractivity contribution in [3.05, 3.63) is 48.0 Å². The van der Waals surface area contributed by atoms with E-state index in [1.807, 2.05) is 0 Å². The van der Waals surface area contributed by atoms with Crippen molar-refractivity contribution in [1.29, 1.82) is 5.26 Å². The first kappa shape index (κ1) is 14.8. The van der Waals surface area contributed by atoms with E-state index in [1.54, 1.807) is 6.07 Å². The van der Waals surface area contributed by atoms with Gasteiger partial charge in [-0.3, -0.25) is 0 Å². The molecule has 0 fully saturated rings. The number of nitriles is 1. The second-order valence-electron chi connectivity index (χ2n) is 4.08. The van der Waals surface area contributed by atoms with Crippen LogP contribution in [0.5, 0.6) is 5.75 Å². The maximum Gasteiger partial charge on any atom is 0.573 e. The first-order valence-electron chi connectivity index (χ1n) is 5.76. The molecular weight excluding hydrogens is 288 g/mol. The Balaban J connectivity index is 2.36. The predicted molar refractivity (Wildman–Crippen MR) is 65.6 cm³/mol. The third-order valence-corrected chi connectivity index (χ3v) is 2.58. The van der Waals surface area contributed by atoms with Crippen molar-refractivity contribution in [2.45, 2.75) is 12.8 Å². The van der Waals surface area contributed by atoms with Crippen molar-refractivity contribution in [2.24, 2.45) is 0 Å². The van der Waals surface area contributed by atoms with Gasteiger partial charge in [0.2, 0.25) is 5.95 Å². The average Bonchev–Trinajstić information content (AvgIpc) is 2.40. The Bertz CT molecular complexity index is 692. The van der Waals surface area contributed by atoms with Crippen molar-refractivity contribution >= 4 is 0 Å². The molecule has 0 saturated heterocycles. The van der Waals surface area contributed by atoms with Gasteiger partial charge < -0.3 is 4.74 Å². The topological polar surface area (TPSA) is 45.9 Å². The van der Waals surface area contributed by atoms with Crippen LogP contribution in [0.15, 0.2) is 36.5 Å². The first-order valence-corrected chi connectivity index (χ1v) is 5.76. The molecule has 3 nitrogen and oxygen atoms in total. The van der Waals surface area contributed by atoms with Crippen LogP contribution < -0.4 is 4.74 Å². The maximum atomic E-state index is 13.3. The Hall–Kier alpha value is -2.62. The molecule has 1 aromatic heterocycles. The number of rotatable bonds is 3. The summed E-state index contributed by atoms with van der Waals surface area (Å²) in [4.78, 5) is 3.50. The normalized spacial score (nSPS) is 11.0. The number of aromatic nitrogens is 1. The number of ether oxygens (including phenoxy) is 1. The highest BCUT2D eigenvalue weighted by atomic mass is 19.4. The van der Waals surface area contributed by atoms with Crippen LogP contribution in [-0.4, -0.2) is 11.3 Å². The zero-order valence-corrected chi connectivity index (χ0v) is 10.5. The second-order valence-corrected chi connectivity index (χ2v) is 4.08. The maximum absolute atomic E-state index is 13.3. The fourth-order valence-corrected chi connectivity index (χ4v) is 1.73. The molecular formula is C14H8F4N2O. The highest BCUT2D eigenvalue weighted by Crippen LogP contribution is 2.28. The fraction of sp³-hybridized carbons (Fsp3) is 0.143. The molecule has 0 radical (unpaired) electrons. The second kappa shape index (κ2) is 5.79. The molecule has 2 rings (SSSR count). The zero-order valence-electron chi connectivity index (χ0n) is 10.5. The summed E-state index contributed by atoms with van der Waals surface area (Å²) in [6, 6.07) is 8.40. The summed E-state index contributed by atoms with van der Waals surface area (Å²) in [7, 11) is 0. The van der Waals surface area contributed by atoms with Gasteiger partial charge in [-0.05, 0) is 23.8 Å². The molecule has 1 aromatic carbocycles. The van der Waals surface area contributed by atoms with Crippen molar-refractivity contribution in [3.8, 4) is 22.9 Å². The SMILES string of the molecule is N#CCc1cc(-c2cccc(OC(F)(F)F)c2)cnc1F. The molecule has 21 heavy (non-hydrogen) atoms. The summed E-state index contributed by atoms with van der Waals surface area (Å²) in [6.07, 6.45) is -3.78. The third kappa shape index (κ3) is 3.92. The van der Waals surface area contributed by atoms with Gasteiger partial charge in [0.15, 0.2) is 0 Å². The lowest BCUT2D eigenvalue weighted by Crippen LogP contribution is -2.17. The molecule has 0 spiro atoms. The summed E-state index contributed by atoms with van der Waals surface area (Å²) < 4.78 is 53.7. The predicted octanol–water partition coefficient (Wildman–Crippen LogP) is 3.85. The van der Waals surface area contributed by atoms with E-state index < -0.39 is 12.3 Å². The Morgan fingerprint density at radius 2 is 1.95 bits per heavy atom. The molecule has 0 bridgehead atoms. The molecule has 0 amide bonds. The largest absolute Gasteiger partial charge is 0.573 e. The monoisotopic (exact) mass is 296 g/mol. The first-order chi connectivity index (χ1) is 9.89. The molecule has 0 N–H and O–H groups in total. The summed E-state index contributed by atoms with van der Waals surface area (Å²) >= 11 is 0. The number of benzene rings is 1. The fourth-order valence-electron chi connectivity index (χ4n) is 1.73. The highest BCUT2D eigenvalue weighted by molar-refractivity contribution is 5.65. The van der Waals surface area contributed by atoms with Gasteiger partial charge in [0, 0.05) is 17.3 Å². The smallest absolute Gasteiger partial charge is 0.406 e. The van der Waals surface area contributed by atoms with E-state index in [0.717, 1.165) is 6.07 Å². The summed E-state index contributed by atoms with van der Waals surface area (Å²) in [5.41, 5.74) is 0.856. The number of alkyl halides is 3. The van der Waals surface area contributed by atoms with Gasteiger partial charge in [0.25, 0.3) is 0 Å². The van der Waals surface area contributed by atoms with Crippen LogP contribution >= 0.6 is 0 Å². The third-order valence-electron chi connectivity index (χ3n) is 2.58. The van der Waals surface area contributed by atoms with E-state index >= 15 is 0 Å². The lowest BCUT2D eigenvalue weighted by molar-refractivity contribution is -0.274. The molecule has 0 aliphatic rings. The van der Waals surface area contributed by atoms with Gasteiger partial charge in [0.1, 0.15) is 5.75 Å². The van der Waals surface area contributed by atoms with Crippen LogP contribution in [0.2, 0.25) is 0 Å². The summed E-state index contributed by atoms with van der Waals surface area (Å²) in [6.45, 7) is 0. The Morgan fingerprint density at radius 3 is 2.62 bits per heavy atom. The number of hydrogen-bond acceptors (Lipinski definition) is 3.